The molecule has 1 heterocycles. The Labute approximate surface area is 232 Å². The molecule has 202 valence electrons. The lowest BCUT2D eigenvalue weighted by molar-refractivity contribution is -0.133. The zero-order chi connectivity index (χ0) is 28.8. The van der Waals surface area contributed by atoms with Gasteiger partial charge in [0.25, 0.3) is 0 Å². The van der Waals surface area contributed by atoms with Crippen LogP contribution < -0.4 is 20.9 Å². The number of primary amides is 1. The van der Waals surface area contributed by atoms with Crippen LogP contribution in [0.4, 0.5) is 11.4 Å². The third-order valence-electron chi connectivity index (χ3n) is 8.39. The van der Waals surface area contributed by atoms with Gasteiger partial charge in [-0.3, -0.25) is 14.4 Å². The van der Waals surface area contributed by atoms with Crippen LogP contribution in [0.1, 0.15) is 54.9 Å². The number of nitriles is 2. The van der Waals surface area contributed by atoms with Crippen LogP contribution in [0.15, 0.2) is 48.5 Å². The van der Waals surface area contributed by atoms with Gasteiger partial charge in [0.05, 0.1) is 47.1 Å². The van der Waals surface area contributed by atoms with E-state index in [-0.39, 0.29) is 24.9 Å². The quantitative estimate of drug-likeness (QED) is 0.496. The molecule has 0 saturated heterocycles. The number of carbonyl (C=O) groups excluding carboxylic acids is 3. The maximum absolute atomic E-state index is 14.5. The monoisotopic (exact) mass is 534 g/mol. The predicted octanol–water partition coefficient (Wildman–Crippen LogP) is 3.44. The third-order valence-corrected chi connectivity index (χ3v) is 8.39. The Morgan fingerprint density at radius 1 is 1.07 bits per heavy atom. The lowest BCUT2D eigenvalue weighted by Crippen LogP contribution is -2.63. The largest absolute Gasteiger partial charge is 0.368 e. The van der Waals surface area contributed by atoms with Gasteiger partial charge in [-0.05, 0) is 78.9 Å². The molecule has 5 rings (SSSR count). The normalized spacial score (nSPS) is 18.3. The fourth-order valence-corrected chi connectivity index (χ4v) is 5.71. The Bertz CT molecular complexity index is 1650. The van der Waals surface area contributed by atoms with E-state index in [2.05, 4.69) is 17.5 Å². The minimum atomic E-state index is -1.46. The first-order valence-electron chi connectivity index (χ1n) is 13.2. The summed E-state index contributed by atoms with van der Waals surface area (Å²) in [5.74, 6) is -2.10. The fraction of sp³-hybridized carbons (Fsp3) is 0.323. The van der Waals surface area contributed by atoms with Gasteiger partial charge in [-0.2, -0.15) is 10.5 Å². The summed E-state index contributed by atoms with van der Waals surface area (Å²) < 4.78 is 0. The Kier molecular flexibility index (Phi) is 6.79. The van der Waals surface area contributed by atoms with Crippen molar-refractivity contribution in [2.45, 2.75) is 44.7 Å². The number of hydrogen-bond donors (Lipinski definition) is 2. The van der Waals surface area contributed by atoms with Crippen LogP contribution in [0.25, 0.3) is 10.8 Å². The van der Waals surface area contributed by atoms with Crippen LogP contribution in [0, 0.1) is 28.6 Å². The second kappa shape index (κ2) is 10.1. The molecular formula is C31H30N6O3. The van der Waals surface area contributed by atoms with Crippen molar-refractivity contribution in [2.75, 3.05) is 23.4 Å². The zero-order valence-electron chi connectivity index (χ0n) is 22.7. The molecule has 40 heavy (non-hydrogen) atoms. The molecule has 1 aliphatic heterocycles. The first-order chi connectivity index (χ1) is 19.1. The van der Waals surface area contributed by atoms with Crippen LogP contribution in [0.3, 0.4) is 0 Å². The number of carbonyl (C=O) groups is 3. The number of anilines is 2. The second-order valence-corrected chi connectivity index (χ2v) is 10.7. The average molecular weight is 535 g/mol. The van der Waals surface area contributed by atoms with Gasteiger partial charge in [0.1, 0.15) is 5.54 Å². The highest BCUT2D eigenvalue weighted by atomic mass is 16.2. The number of benzene rings is 3. The highest BCUT2D eigenvalue weighted by molar-refractivity contribution is 6.08. The van der Waals surface area contributed by atoms with Gasteiger partial charge < -0.3 is 20.9 Å². The summed E-state index contributed by atoms with van der Waals surface area (Å²) in [7, 11) is 1.56. The predicted molar refractivity (Wildman–Crippen MR) is 151 cm³/mol. The van der Waals surface area contributed by atoms with Gasteiger partial charge in [0.2, 0.25) is 17.7 Å². The molecule has 1 fully saturated rings. The molecule has 1 aliphatic carbocycles. The maximum atomic E-state index is 14.5. The van der Waals surface area contributed by atoms with Gasteiger partial charge in [-0.15, -0.1) is 0 Å². The number of amides is 3. The van der Waals surface area contributed by atoms with Crippen LogP contribution in [-0.4, -0.2) is 36.9 Å². The molecule has 9 nitrogen and oxygen atoms in total. The number of nitrogens with one attached hydrogen (secondary N) is 1. The first-order valence-corrected chi connectivity index (χ1v) is 13.2. The summed E-state index contributed by atoms with van der Waals surface area (Å²) in [6.07, 6.45) is 2.07. The summed E-state index contributed by atoms with van der Waals surface area (Å²) in [5, 5.41) is 24.0. The second-order valence-electron chi connectivity index (χ2n) is 10.7. The van der Waals surface area contributed by atoms with E-state index in [1.807, 2.05) is 24.3 Å². The van der Waals surface area contributed by atoms with Crippen molar-refractivity contribution in [1.82, 2.24) is 5.32 Å². The molecule has 1 unspecified atom stereocenters. The van der Waals surface area contributed by atoms with Gasteiger partial charge in [0, 0.05) is 13.5 Å². The number of rotatable bonds is 6. The maximum Gasteiger partial charge on any atom is 0.238 e. The van der Waals surface area contributed by atoms with E-state index in [1.165, 1.54) is 11.8 Å². The molecule has 1 saturated carbocycles. The average Bonchev–Trinajstić information content (AvgIpc) is 3.80. The topological polar surface area (TPSA) is 143 Å². The zero-order valence-corrected chi connectivity index (χ0v) is 22.7. The van der Waals surface area contributed by atoms with Crippen molar-refractivity contribution in [3.05, 3.63) is 70.8 Å². The summed E-state index contributed by atoms with van der Waals surface area (Å²) in [6.45, 7) is 3.01. The Morgan fingerprint density at radius 2 is 1.82 bits per heavy atom. The number of likely N-dealkylation sites (N-methyl/N-ethyl adjacent to an activating group) is 1. The van der Waals surface area contributed by atoms with E-state index in [0.717, 1.165) is 34.7 Å². The van der Waals surface area contributed by atoms with E-state index in [4.69, 9.17) is 5.73 Å². The van der Waals surface area contributed by atoms with Gasteiger partial charge >= 0.3 is 0 Å². The molecule has 2 atom stereocenters. The van der Waals surface area contributed by atoms with E-state index < -0.39 is 17.4 Å². The Hall–Kier alpha value is -4.73. The fourth-order valence-electron chi connectivity index (χ4n) is 5.71. The molecule has 0 bridgehead atoms. The molecule has 9 heteroatoms. The molecule has 3 N–H and O–H groups in total. The summed E-state index contributed by atoms with van der Waals surface area (Å²) in [4.78, 5) is 43.3. The van der Waals surface area contributed by atoms with E-state index in [1.54, 1.807) is 43.1 Å². The van der Waals surface area contributed by atoms with E-state index in [0.29, 0.717) is 28.4 Å². The lowest BCUT2D eigenvalue weighted by Gasteiger charge is -2.36. The van der Waals surface area contributed by atoms with Crippen LogP contribution in [0.2, 0.25) is 0 Å². The van der Waals surface area contributed by atoms with Gasteiger partial charge in [0.15, 0.2) is 0 Å². The highest BCUT2D eigenvalue weighted by Crippen LogP contribution is 2.45. The van der Waals surface area contributed by atoms with Gasteiger partial charge in [-0.1, -0.05) is 24.3 Å². The number of hydrogen-bond acceptors (Lipinski definition) is 6. The third kappa shape index (κ3) is 4.35. The van der Waals surface area contributed by atoms with Crippen molar-refractivity contribution in [3.8, 4) is 12.1 Å². The summed E-state index contributed by atoms with van der Waals surface area (Å²) in [6, 6.07) is 18.8. The number of nitrogens with zero attached hydrogens (tertiary/aromatic N) is 4. The number of nitrogens with two attached hydrogens (primary N) is 1. The van der Waals surface area contributed by atoms with Gasteiger partial charge in [-0.25, -0.2) is 0 Å². The molecule has 0 radical (unpaired) electrons. The van der Waals surface area contributed by atoms with Crippen molar-refractivity contribution in [2.24, 2.45) is 11.7 Å². The van der Waals surface area contributed by atoms with E-state index >= 15 is 0 Å². The molecule has 0 aromatic heterocycles. The summed E-state index contributed by atoms with van der Waals surface area (Å²) in [5.41, 5.74) is 8.14. The van der Waals surface area contributed by atoms with Crippen molar-refractivity contribution in [1.29, 1.82) is 10.5 Å². The Balaban J connectivity index is 1.77. The van der Waals surface area contributed by atoms with Crippen molar-refractivity contribution >= 4 is 39.9 Å². The first kappa shape index (κ1) is 26.9. The Morgan fingerprint density at radius 3 is 2.42 bits per heavy atom. The smallest absolute Gasteiger partial charge is 0.238 e. The van der Waals surface area contributed by atoms with Crippen molar-refractivity contribution < 1.29 is 14.4 Å². The van der Waals surface area contributed by atoms with E-state index in [9.17, 15) is 24.9 Å². The molecule has 3 aromatic rings. The van der Waals surface area contributed by atoms with Crippen LogP contribution in [-0.2, 0) is 20.9 Å². The lowest BCUT2D eigenvalue weighted by atomic mass is 9.83. The molecular weight excluding hydrogens is 504 g/mol. The van der Waals surface area contributed by atoms with Crippen LogP contribution >= 0.6 is 0 Å². The molecule has 2 aliphatic rings. The van der Waals surface area contributed by atoms with Crippen LogP contribution in [0.5, 0.6) is 0 Å². The standard InChI is InChI=1S/C31H30N6O3/c1-18(38)36-17-26(31(2,35-3)30(34)40)29(39)37(27-12-7-19(14-32)13-28(27)36)16-25-22(20-8-9-20)10-11-23-21(15-33)5-4-6-24(23)25/h4-7,10-13,20,26,35H,8-9,16-17H2,1-3H3,(H2,34,40)/t26-,31?/m1/s1. The molecule has 3 aromatic carbocycles. The minimum absolute atomic E-state index is 0.101. The number of fused-ring (bicyclic) bond motifs is 2. The minimum Gasteiger partial charge on any atom is -0.368 e. The summed E-state index contributed by atoms with van der Waals surface area (Å²) >= 11 is 0. The highest BCUT2D eigenvalue weighted by Gasteiger charge is 2.48. The SMILES string of the molecule is CNC(C)(C(N)=O)[C@@H]1CN(C(C)=O)c2cc(C#N)ccc2N(Cc2c(C3CC3)ccc3c(C#N)cccc23)C1=O. The van der Waals surface area contributed by atoms with Crippen molar-refractivity contribution in [3.63, 3.8) is 0 Å². The molecule has 0 spiro atoms. The molecule has 3 amide bonds.